The van der Waals surface area contributed by atoms with Crippen LogP contribution in [0.5, 0.6) is 0 Å². The van der Waals surface area contributed by atoms with Crippen molar-refractivity contribution in [3.8, 4) is 11.4 Å². The first-order valence-corrected chi connectivity index (χ1v) is 7.71. The molecule has 0 saturated heterocycles. The van der Waals surface area contributed by atoms with E-state index in [1.165, 1.54) is 0 Å². The van der Waals surface area contributed by atoms with Crippen molar-refractivity contribution in [2.24, 2.45) is 7.05 Å². The normalized spacial score (nSPS) is 11.0. The van der Waals surface area contributed by atoms with Gasteiger partial charge in [-0.25, -0.2) is 0 Å². The van der Waals surface area contributed by atoms with Crippen LogP contribution in [0, 0.1) is 6.92 Å². The van der Waals surface area contributed by atoms with Crippen LogP contribution >= 0.6 is 23.4 Å². The molecular formula is C14H13ClN4OS. The molecule has 5 nitrogen and oxygen atoms in total. The number of benzene rings is 1. The van der Waals surface area contributed by atoms with E-state index in [1.54, 1.807) is 11.8 Å². The Kier molecular flexibility index (Phi) is 3.98. The Morgan fingerprint density at radius 1 is 1.29 bits per heavy atom. The van der Waals surface area contributed by atoms with Gasteiger partial charge >= 0.3 is 0 Å². The van der Waals surface area contributed by atoms with Crippen LogP contribution in [0.15, 0.2) is 40.0 Å². The second-order valence-electron chi connectivity index (χ2n) is 4.56. The molecular weight excluding hydrogens is 308 g/mol. The largest absolute Gasteiger partial charge is 0.361 e. The van der Waals surface area contributed by atoms with Gasteiger partial charge in [-0.1, -0.05) is 40.7 Å². The summed E-state index contributed by atoms with van der Waals surface area (Å²) in [6.07, 6.45) is 0. The molecule has 0 bridgehead atoms. The summed E-state index contributed by atoms with van der Waals surface area (Å²) < 4.78 is 6.98. The summed E-state index contributed by atoms with van der Waals surface area (Å²) >= 11 is 7.76. The van der Waals surface area contributed by atoms with Crippen molar-refractivity contribution >= 4 is 23.4 Å². The highest BCUT2D eigenvalue weighted by molar-refractivity contribution is 7.98. The fraction of sp³-hybridized carbons (Fsp3) is 0.214. The summed E-state index contributed by atoms with van der Waals surface area (Å²) in [4.78, 5) is 0. The maximum Gasteiger partial charge on any atom is 0.191 e. The van der Waals surface area contributed by atoms with Gasteiger partial charge in [-0.3, -0.25) is 0 Å². The SMILES string of the molecule is Cc1cc(CSc2nnc(-c3ccccc3Cl)n2C)no1. The molecule has 0 atom stereocenters. The standard InChI is InChI=1S/C14H13ClN4OS/c1-9-7-10(18-20-9)8-21-14-17-16-13(19(14)2)11-5-3-4-6-12(11)15/h3-7H,8H2,1-2H3. The molecule has 21 heavy (non-hydrogen) atoms. The summed E-state index contributed by atoms with van der Waals surface area (Å²) in [5, 5.41) is 13.9. The van der Waals surface area contributed by atoms with E-state index in [9.17, 15) is 0 Å². The van der Waals surface area contributed by atoms with E-state index in [4.69, 9.17) is 16.1 Å². The van der Waals surface area contributed by atoms with Crippen LogP contribution in [0.3, 0.4) is 0 Å². The predicted octanol–water partition coefficient (Wildman–Crippen LogP) is 3.72. The number of aryl methyl sites for hydroxylation is 1. The minimum atomic E-state index is 0.664. The van der Waals surface area contributed by atoms with Gasteiger partial charge in [-0.2, -0.15) is 0 Å². The summed E-state index contributed by atoms with van der Waals surface area (Å²) in [6.45, 7) is 1.87. The summed E-state index contributed by atoms with van der Waals surface area (Å²) in [5.41, 5.74) is 1.76. The average molecular weight is 321 g/mol. The van der Waals surface area contributed by atoms with Gasteiger partial charge in [-0.05, 0) is 19.1 Å². The Labute approximate surface area is 131 Å². The minimum Gasteiger partial charge on any atom is -0.361 e. The number of thioether (sulfide) groups is 1. The maximum atomic E-state index is 6.21. The van der Waals surface area contributed by atoms with Crippen molar-refractivity contribution in [1.82, 2.24) is 19.9 Å². The van der Waals surface area contributed by atoms with Gasteiger partial charge in [0.15, 0.2) is 11.0 Å². The molecule has 2 heterocycles. The Bertz CT molecular complexity index is 768. The smallest absolute Gasteiger partial charge is 0.191 e. The van der Waals surface area contributed by atoms with E-state index in [0.717, 1.165) is 28.0 Å². The second-order valence-corrected chi connectivity index (χ2v) is 5.91. The number of aromatic nitrogens is 4. The molecule has 0 fully saturated rings. The molecule has 0 aliphatic carbocycles. The Hall–Kier alpha value is -1.79. The molecule has 3 aromatic rings. The molecule has 108 valence electrons. The second kappa shape index (κ2) is 5.91. The number of rotatable bonds is 4. The predicted molar refractivity (Wildman–Crippen MR) is 82.3 cm³/mol. The molecule has 0 aliphatic heterocycles. The first-order chi connectivity index (χ1) is 10.1. The number of halogens is 1. The fourth-order valence-corrected chi connectivity index (χ4v) is 2.95. The topological polar surface area (TPSA) is 56.7 Å². The Morgan fingerprint density at radius 2 is 2.10 bits per heavy atom. The molecule has 2 aromatic heterocycles. The first-order valence-electron chi connectivity index (χ1n) is 6.34. The van der Waals surface area contributed by atoms with Crippen LogP contribution < -0.4 is 0 Å². The molecule has 0 unspecified atom stereocenters. The zero-order chi connectivity index (χ0) is 14.8. The summed E-state index contributed by atoms with van der Waals surface area (Å²) in [6, 6.07) is 9.52. The Morgan fingerprint density at radius 3 is 2.81 bits per heavy atom. The van der Waals surface area contributed by atoms with Crippen molar-refractivity contribution in [2.45, 2.75) is 17.8 Å². The highest BCUT2D eigenvalue weighted by Crippen LogP contribution is 2.29. The van der Waals surface area contributed by atoms with Crippen molar-refractivity contribution in [1.29, 1.82) is 0 Å². The lowest BCUT2D eigenvalue weighted by Gasteiger charge is -2.04. The zero-order valence-electron chi connectivity index (χ0n) is 11.6. The zero-order valence-corrected chi connectivity index (χ0v) is 13.1. The molecule has 0 amide bonds. The minimum absolute atomic E-state index is 0.664. The van der Waals surface area contributed by atoms with Gasteiger partial charge in [0.1, 0.15) is 5.76 Å². The quantitative estimate of drug-likeness (QED) is 0.686. The number of hydrogen-bond acceptors (Lipinski definition) is 5. The maximum absolute atomic E-state index is 6.21. The van der Waals surface area contributed by atoms with Crippen LogP contribution in [0.4, 0.5) is 0 Å². The van der Waals surface area contributed by atoms with E-state index in [2.05, 4.69) is 15.4 Å². The van der Waals surface area contributed by atoms with E-state index in [1.807, 2.05) is 48.9 Å². The molecule has 0 radical (unpaired) electrons. The van der Waals surface area contributed by atoms with Crippen molar-refractivity contribution in [2.75, 3.05) is 0 Å². The van der Waals surface area contributed by atoms with Crippen molar-refractivity contribution in [3.63, 3.8) is 0 Å². The van der Waals surface area contributed by atoms with Crippen LogP contribution in [0.2, 0.25) is 5.02 Å². The summed E-state index contributed by atoms with van der Waals surface area (Å²) in [7, 11) is 1.93. The number of hydrogen-bond donors (Lipinski definition) is 0. The molecule has 0 N–H and O–H groups in total. The highest BCUT2D eigenvalue weighted by Gasteiger charge is 2.14. The monoisotopic (exact) mass is 320 g/mol. The molecule has 3 rings (SSSR count). The van der Waals surface area contributed by atoms with Gasteiger partial charge in [0.25, 0.3) is 0 Å². The number of nitrogens with zero attached hydrogens (tertiary/aromatic N) is 4. The lowest BCUT2D eigenvalue weighted by atomic mass is 10.2. The van der Waals surface area contributed by atoms with Crippen LogP contribution in [-0.4, -0.2) is 19.9 Å². The Balaban J connectivity index is 1.81. The van der Waals surface area contributed by atoms with Crippen molar-refractivity contribution in [3.05, 3.63) is 46.8 Å². The van der Waals surface area contributed by atoms with Crippen LogP contribution in [0.25, 0.3) is 11.4 Å². The van der Waals surface area contributed by atoms with Crippen LogP contribution in [0.1, 0.15) is 11.5 Å². The van der Waals surface area contributed by atoms with E-state index < -0.39 is 0 Å². The van der Waals surface area contributed by atoms with Crippen LogP contribution in [-0.2, 0) is 12.8 Å². The molecule has 1 aromatic carbocycles. The average Bonchev–Trinajstić information content (AvgIpc) is 3.04. The van der Waals surface area contributed by atoms with Gasteiger partial charge in [0.05, 0.1) is 10.7 Å². The van der Waals surface area contributed by atoms with E-state index in [0.29, 0.717) is 10.8 Å². The van der Waals surface area contributed by atoms with Gasteiger partial charge in [-0.15, -0.1) is 10.2 Å². The molecule has 0 saturated carbocycles. The fourth-order valence-electron chi connectivity index (χ4n) is 1.94. The van der Waals surface area contributed by atoms with Gasteiger partial charge < -0.3 is 9.09 Å². The third-order valence-corrected chi connectivity index (χ3v) is 4.36. The van der Waals surface area contributed by atoms with E-state index in [-0.39, 0.29) is 0 Å². The van der Waals surface area contributed by atoms with Crippen molar-refractivity contribution < 1.29 is 4.52 Å². The van der Waals surface area contributed by atoms with E-state index >= 15 is 0 Å². The lowest BCUT2D eigenvalue weighted by molar-refractivity contribution is 0.393. The molecule has 0 spiro atoms. The lowest BCUT2D eigenvalue weighted by Crippen LogP contribution is -1.95. The summed E-state index contributed by atoms with van der Waals surface area (Å²) in [5.74, 6) is 2.24. The first kappa shape index (κ1) is 14.2. The third-order valence-electron chi connectivity index (χ3n) is 2.98. The third kappa shape index (κ3) is 2.96. The molecule has 0 aliphatic rings. The van der Waals surface area contributed by atoms with Gasteiger partial charge in [0.2, 0.25) is 0 Å². The van der Waals surface area contributed by atoms with Gasteiger partial charge in [0, 0.05) is 24.4 Å². The molecule has 7 heteroatoms. The highest BCUT2D eigenvalue weighted by atomic mass is 35.5.